The van der Waals surface area contributed by atoms with E-state index in [0.29, 0.717) is 5.69 Å². The van der Waals surface area contributed by atoms with Crippen LogP contribution in [0, 0.1) is 0 Å². The summed E-state index contributed by atoms with van der Waals surface area (Å²) in [5.74, 6) is 0.0259. The number of H-pyrrole nitrogens is 1. The Kier molecular flexibility index (Phi) is 4.04. The molecule has 1 amide bonds. The van der Waals surface area contributed by atoms with Crippen LogP contribution in [0.2, 0.25) is 0 Å². The lowest BCUT2D eigenvalue weighted by Gasteiger charge is -2.37. The highest BCUT2D eigenvalue weighted by molar-refractivity contribution is 7.09. The van der Waals surface area contributed by atoms with Crippen molar-refractivity contribution in [3.63, 3.8) is 0 Å². The Morgan fingerprint density at radius 3 is 2.57 bits per heavy atom. The number of likely N-dealkylation sites (tertiary alicyclic amines) is 1. The van der Waals surface area contributed by atoms with E-state index in [1.807, 2.05) is 22.5 Å². The first-order valence-electron chi connectivity index (χ1n) is 8.05. The number of carbonyl (C=O) groups is 1. The molecular formula is C17H24N4OS. The van der Waals surface area contributed by atoms with Crippen LogP contribution in [0.5, 0.6) is 0 Å². The molecule has 0 radical (unpaired) electrons. The summed E-state index contributed by atoms with van der Waals surface area (Å²) >= 11 is 1.71. The van der Waals surface area contributed by atoms with Gasteiger partial charge in [0, 0.05) is 41.2 Å². The second kappa shape index (κ2) is 5.74. The first kappa shape index (κ1) is 16.2. The molecule has 0 unspecified atom stereocenters. The zero-order valence-electron chi connectivity index (χ0n) is 14.2. The monoisotopic (exact) mass is 332 g/mol. The molecule has 2 aromatic rings. The quantitative estimate of drug-likeness (QED) is 0.917. The summed E-state index contributed by atoms with van der Waals surface area (Å²) in [5, 5.41) is 10.4. The number of carbonyl (C=O) groups excluding carboxylic acids is 1. The minimum atomic E-state index is -0.0309. The third-order valence-electron chi connectivity index (χ3n) is 4.71. The molecule has 0 bridgehead atoms. The second-order valence-electron chi connectivity index (χ2n) is 7.61. The van der Waals surface area contributed by atoms with Crippen LogP contribution in [0.15, 0.2) is 17.6 Å². The van der Waals surface area contributed by atoms with Crippen LogP contribution in [-0.4, -0.2) is 39.1 Å². The maximum Gasteiger partial charge on any atom is 0.274 e. The number of hydrogen-bond acceptors (Lipinski definition) is 4. The van der Waals surface area contributed by atoms with E-state index in [0.717, 1.165) is 31.6 Å². The summed E-state index contributed by atoms with van der Waals surface area (Å²) in [6, 6.07) is 1.89. The molecule has 124 valence electrons. The number of aromatic amines is 1. The summed E-state index contributed by atoms with van der Waals surface area (Å²) in [4.78, 5) is 19.1. The lowest BCUT2D eigenvalue weighted by Crippen LogP contribution is -2.44. The van der Waals surface area contributed by atoms with Crippen molar-refractivity contribution in [2.24, 2.45) is 0 Å². The Balaban J connectivity index is 1.68. The van der Waals surface area contributed by atoms with Gasteiger partial charge in [-0.2, -0.15) is 5.10 Å². The SMILES string of the molecule is CC(C)(C)c1cc(C(=O)N2CCC(C)(c3nccs3)CC2)n[nH]1. The highest BCUT2D eigenvalue weighted by atomic mass is 32.1. The van der Waals surface area contributed by atoms with E-state index in [4.69, 9.17) is 0 Å². The van der Waals surface area contributed by atoms with E-state index < -0.39 is 0 Å². The second-order valence-corrected chi connectivity index (χ2v) is 8.50. The standard InChI is InChI=1S/C17H24N4OS/c1-16(2,3)13-11-12(19-20-13)14(22)21-8-5-17(4,6-9-21)15-18-7-10-23-15/h7,10-11H,5-6,8-9H2,1-4H3,(H,19,20). The van der Waals surface area contributed by atoms with Crippen molar-refractivity contribution in [3.05, 3.63) is 34.0 Å². The van der Waals surface area contributed by atoms with Gasteiger partial charge in [0.05, 0.1) is 5.01 Å². The van der Waals surface area contributed by atoms with Gasteiger partial charge in [-0.25, -0.2) is 4.98 Å². The first-order chi connectivity index (χ1) is 10.8. The number of amides is 1. The Bertz CT molecular complexity index is 676. The minimum absolute atomic E-state index is 0.0259. The van der Waals surface area contributed by atoms with Gasteiger partial charge in [0.25, 0.3) is 5.91 Å². The van der Waals surface area contributed by atoms with Crippen LogP contribution in [-0.2, 0) is 10.8 Å². The summed E-state index contributed by atoms with van der Waals surface area (Å²) in [6.45, 7) is 10.1. The van der Waals surface area contributed by atoms with E-state index >= 15 is 0 Å². The number of nitrogens with one attached hydrogen (secondary N) is 1. The number of piperidine rings is 1. The Hall–Kier alpha value is -1.69. The zero-order chi connectivity index (χ0) is 16.7. The van der Waals surface area contributed by atoms with E-state index in [-0.39, 0.29) is 16.7 Å². The largest absolute Gasteiger partial charge is 0.337 e. The van der Waals surface area contributed by atoms with Gasteiger partial charge in [0.15, 0.2) is 0 Å². The summed E-state index contributed by atoms with van der Waals surface area (Å²) in [7, 11) is 0. The Labute approximate surface area is 141 Å². The van der Waals surface area contributed by atoms with Crippen molar-refractivity contribution in [2.75, 3.05) is 13.1 Å². The van der Waals surface area contributed by atoms with Crippen LogP contribution in [0.4, 0.5) is 0 Å². The highest BCUT2D eigenvalue weighted by Crippen LogP contribution is 2.36. The van der Waals surface area contributed by atoms with E-state index in [1.54, 1.807) is 11.3 Å². The van der Waals surface area contributed by atoms with Crippen molar-refractivity contribution in [1.82, 2.24) is 20.1 Å². The molecule has 0 atom stereocenters. The average molecular weight is 332 g/mol. The molecule has 3 rings (SSSR count). The van der Waals surface area contributed by atoms with Crippen molar-refractivity contribution < 1.29 is 4.79 Å². The molecule has 0 aliphatic carbocycles. The van der Waals surface area contributed by atoms with Crippen LogP contribution >= 0.6 is 11.3 Å². The number of nitrogens with zero attached hydrogens (tertiary/aromatic N) is 3. The van der Waals surface area contributed by atoms with Crippen LogP contribution < -0.4 is 0 Å². The molecule has 0 saturated carbocycles. The van der Waals surface area contributed by atoms with Crippen molar-refractivity contribution in [3.8, 4) is 0 Å². The van der Waals surface area contributed by atoms with E-state index in [1.165, 1.54) is 5.01 Å². The Morgan fingerprint density at radius 1 is 1.35 bits per heavy atom. The third kappa shape index (κ3) is 3.17. The van der Waals surface area contributed by atoms with Gasteiger partial charge >= 0.3 is 0 Å². The number of aromatic nitrogens is 3. The van der Waals surface area contributed by atoms with Crippen molar-refractivity contribution >= 4 is 17.2 Å². The predicted molar refractivity (Wildman–Crippen MR) is 91.9 cm³/mol. The molecule has 0 spiro atoms. The van der Waals surface area contributed by atoms with E-state index in [2.05, 4.69) is 42.9 Å². The van der Waals surface area contributed by atoms with Gasteiger partial charge in [-0.05, 0) is 18.9 Å². The molecule has 1 saturated heterocycles. The molecule has 6 heteroatoms. The van der Waals surface area contributed by atoms with Gasteiger partial charge in [-0.1, -0.05) is 27.7 Å². The number of hydrogen-bond donors (Lipinski definition) is 1. The third-order valence-corrected chi connectivity index (χ3v) is 5.79. The fraction of sp³-hybridized carbons (Fsp3) is 0.588. The van der Waals surface area contributed by atoms with Gasteiger partial charge in [-0.3, -0.25) is 9.89 Å². The van der Waals surface area contributed by atoms with Gasteiger partial charge in [0.2, 0.25) is 0 Å². The van der Waals surface area contributed by atoms with Gasteiger partial charge < -0.3 is 4.90 Å². The molecular weight excluding hydrogens is 308 g/mol. The lowest BCUT2D eigenvalue weighted by atomic mass is 9.81. The average Bonchev–Trinajstić information content (AvgIpc) is 3.18. The Morgan fingerprint density at radius 2 is 2.04 bits per heavy atom. The maximum absolute atomic E-state index is 12.7. The molecule has 2 aromatic heterocycles. The number of rotatable bonds is 2. The zero-order valence-corrected chi connectivity index (χ0v) is 15.0. The van der Waals surface area contributed by atoms with Crippen molar-refractivity contribution in [2.45, 2.75) is 51.4 Å². The molecule has 3 heterocycles. The summed E-state index contributed by atoms with van der Waals surface area (Å²) in [6.07, 6.45) is 3.76. The fourth-order valence-corrected chi connectivity index (χ4v) is 3.78. The molecule has 5 nitrogen and oxygen atoms in total. The topological polar surface area (TPSA) is 61.9 Å². The normalized spacial score (nSPS) is 18.2. The van der Waals surface area contributed by atoms with Crippen LogP contribution in [0.1, 0.15) is 61.7 Å². The molecule has 1 fully saturated rings. The summed E-state index contributed by atoms with van der Waals surface area (Å²) in [5.41, 5.74) is 1.57. The lowest BCUT2D eigenvalue weighted by molar-refractivity contribution is 0.0670. The molecule has 1 aliphatic rings. The highest BCUT2D eigenvalue weighted by Gasteiger charge is 2.36. The van der Waals surface area contributed by atoms with Gasteiger partial charge in [0.1, 0.15) is 5.69 Å². The minimum Gasteiger partial charge on any atom is -0.337 e. The molecule has 1 aliphatic heterocycles. The van der Waals surface area contributed by atoms with Crippen LogP contribution in [0.3, 0.4) is 0 Å². The molecule has 23 heavy (non-hydrogen) atoms. The fourth-order valence-electron chi connectivity index (χ4n) is 2.92. The number of thiazole rings is 1. The van der Waals surface area contributed by atoms with Gasteiger partial charge in [-0.15, -0.1) is 11.3 Å². The molecule has 1 N–H and O–H groups in total. The smallest absolute Gasteiger partial charge is 0.274 e. The predicted octanol–water partition coefficient (Wildman–Crippen LogP) is 3.36. The summed E-state index contributed by atoms with van der Waals surface area (Å²) < 4.78 is 0. The maximum atomic E-state index is 12.7. The van der Waals surface area contributed by atoms with Crippen LogP contribution in [0.25, 0.3) is 0 Å². The van der Waals surface area contributed by atoms with Crippen molar-refractivity contribution in [1.29, 1.82) is 0 Å². The molecule has 0 aromatic carbocycles. The van der Waals surface area contributed by atoms with E-state index in [9.17, 15) is 4.79 Å². The first-order valence-corrected chi connectivity index (χ1v) is 8.93.